The lowest BCUT2D eigenvalue weighted by molar-refractivity contribution is -0.172. The van der Waals surface area contributed by atoms with Crippen molar-refractivity contribution < 1.29 is 33.3 Å². The topological polar surface area (TPSA) is 80.3 Å². The Bertz CT molecular complexity index is 348. The molecule has 2 unspecified atom stereocenters. The highest BCUT2D eigenvalue weighted by Crippen LogP contribution is 2.12. The predicted molar refractivity (Wildman–Crippen MR) is 98.2 cm³/mol. The summed E-state index contributed by atoms with van der Waals surface area (Å²) in [5.74, 6) is -0.334. The molecule has 0 radical (unpaired) electrons. The van der Waals surface area contributed by atoms with Crippen molar-refractivity contribution in [2.75, 3.05) is 32.8 Å². The molecule has 0 aliphatic carbocycles. The van der Waals surface area contributed by atoms with Gasteiger partial charge in [0.05, 0.1) is 18.6 Å². The predicted octanol–water partition coefficient (Wildman–Crippen LogP) is 3.80. The molecule has 8 heteroatoms. The van der Waals surface area contributed by atoms with Gasteiger partial charge < -0.3 is 23.7 Å². The van der Waals surface area contributed by atoms with E-state index in [-0.39, 0.29) is 39.2 Å². The minimum atomic E-state index is -1.15. The first kappa shape index (κ1) is 28.7. The minimum Gasteiger partial charge on any atom is -0.461 e. The molecule has 0 rings (SSSR count). The number of methoxy groups -OCH3 is 1. The zero-order valence-electron chi connectivity index (χ0n) is 15.7. The number of halogens is 1. The van der Waals surface area contributed by atoms with Gasteiger partial charge in [-0.25, -0.2) is 9.59 Å². The molecule has 0 saturated heterocycles. The lowest BCUT2D eigenvalue weighted by atomic mass is 10.1. The quantitative estimate of drug-likeness (QED) is 0.321. The van der Waals surface area contributed by atoms with Gasteiger partial charge in [-0.05, 0) is 27.7 Å². The van der Waals surface area contributed by atoms with Crippen LogP contribution in [-0.4, -0.2) is 62.7 Å². The zero-order chi connectivity index (χ0) is 19.2. The third kappa shape index (κ3) is 15.0. The maximum Gasteiger partial charge on any atom is 0.508 e. The normalized spacial score (nSPS) is 12.6. The van der Waals surface area contributed by atoms with Gasteiger partial charge in [-0.15, -0.1) is 11.6 Å². The molecule has 0 aliphatic heterocycles. The van der Waals surface area contributed by atoms with Crippen LogP contribution in [0.1, 0.15) is 49.0 Å². The molecule has 0 N–H and O–H groups in total. The molecular weight excluding hydrogens is 352 g/mol. The molecule has 0 fully saturated rings. The van der Waals surface area contributed by atoms with Gasteiger partial charge in [0.1, 0.15) is 19.3 Å². The summed E-state index contributed by atoms with van der Waals surface area (Å²) < 4.78 is 25.0. The summed E-state index contributed by atoms with van der Waals surface area (Å²) >= 11 is 5.50. The Kier molecular flexibility index (Phi) is 18.9. The van der Waals surface area contributed by atoms with Crippen molar-refractivity contribution in [3.05, 3.63) is 0 Å². The van der Waals surface area contributed by atoms with Crippen molar-refractivity contribution in [3.8, 4) is 0 Å². The molecule has 0 aromatic carbocycles. The van der Waals surface area contributed by atoms with Gasteiger partial charge in [0.25, 0.3) is 0 Å². The minimum absolute atomic E-state index is 0. The van der Waals surface area contributed by atoms with Gasteiger partial charge in [-0.1, -0.05) is 21.3 Å². The van der Waals surface area contributed by atoms with E-state index in [4.69, 9.17) is 35.3 Å². The summed E-state index contributed by atoms with van der Waals surface area (Å²) in [5, 5.41) is 0. The summed E-state index contributed by atoms with van der Waals surface area (Å²) in [4.78, 5) is 23.1. The molecule has 0 spiro atoms. The van der Waals surface area contributed by atoms with E-state index in [1.165, 1.54) is 7.11 Å². The number of hydrogen-bond acceptors (Lipinski definition) is 7. The molecule has 0 heterocycles. The van der Waals surface area contributed by atoms with Gasteiger partial charge in [0.15, 0.2) is 5.60 Å². The van der Waals surface area contributed by atoms with Crippen LogP contribution in [-0.2, 0) is 28.5 Å². The second-order valence-corrected chi connectivity index (χ2v) is 5.49. The smallest absolute Gasteiger partial charge is 0.461 e. The summed E-state index contributed by atoms with van der Waals surface area (Å²) in [6.07, 6.45) is -1.45. The molecule has 0 aromatic rings. The average Bonchev–Trinajstić information content (AvgIpc) is 2.57. The fourth-order valence-corrected chi connectivity index (χ4v) is 1.21. The Labute approximate surface area is 157 Å². The van der Waals surface area contributed by atoms with Crippen LogP contribution in [0.2, 0.25) is 0 Å². The standard InChI is InChI=1S/C14H25ClO7.C2H6.CH4/c1-10(8-15)22-13(17)19-6-7-21-14(3,4)12(16)20-9-11(2)18-5;1-2;/h10-11H,6-9H2,1-5H3;1-2H3;1H4. The number of ether oxygens (including phenoxy) is 5. The highest BCUT2D eigenvalue weighted by molar-refractivity contribution is 6.18. The first-order chi connectivity index (χ1) is 11.2. The van der Waals surface area contributed by atoms with Crippen LogP contribution >= 0.6 is 11.6 Å². The van der Waals surface area contributed by atoms with E-state index >= 15 is 0 Å². The van der Waals surface area contributed by atoms with E-state index in [0.29, 0.717) is 0 Å². The summed E-state index contributed by atoms with van der Waals surface area (Å²) in [6.45, 7) is 10.7. The average molecular weight is 387 g/mol. The second-order valence-electron chi connectivity index (χ2n) is 5.18. The molecule has 0 bridgehead atoms. The van der Waals surface area contributed by atoms with E-state index in [1.54, 1.807) is 27.7 Å². The highest BCUT2D eigenvalue weighted by atomic mass is 35.5. The summed E-state index contributed by atoms with van der Waals surface area (Å²) in [5.41, 5.74) is -1.15. The molecule has 152 valence electrons. The van der Waals surface area contributed by atoms with Crippen LogP contribution in [0.5, 0.6) is 0 Å². The fraction of sp³-hybridized carbons (Fsp3) is 0.882. The van der Waals surface area contributed by atoms with Crippen LogP contribution in [0.4, 0.5) is 4.79 Å². The maximum atomic E-state index is 11.8. The second kappa shape index (κ2) is 16.4. The van der Waals surface area contributed by atoms with E-state index in [1.807, 2.05) is 13.8 Å². The van der Waals surface area contributed by atoms with Crippen molar-refractivity contribution in [3.63, 3.8) is 0 Å². The van der Waals surface area contributed by atoms with Crippen LogP contribution < -0.4 is 0 Å². The number of rotatable bonds is 10. The molecule has 0 aliphatic rings. The van der Waals surface area contributed by atoms with Crippen LogP contribution in [0, 0.1) is 0 Å². The van der Waals surface area contributed by atoms with Gasteiger partial charge in [0.2, 0.25) is 0 Å². The maximum absolute atomic E-state index is 11.8. The van der Waals surface area contributed by atoms with Crippen molar-refractivity contribution in [2.45, 2.75) is 66.8 Å². The SMILES string of the molecule is C.CC.COC(C)COC(=O)C(C)(C)OCCOC(=O)OC(C)CCl. The number of esters is 1. The Morgan fingerprint density at radius 3 is 2.08 bits per heavy atom. The summed E-state index contributed by atoms with van der Waals surface area (Å²) in [6, 6.07) is 0. The van der Waals surface area contributed by atoms with E-state index in [9.17, 15) is 9.59 Å². The molecule has 0 aromatic heterocycles. The Morgan fingerprint density at radius 1 is 1.04 bits per heavy atom. The van der Waals surface area contributed by atoms with Crippen molar-refractivity contribution in [1.82, 2.24) is 0 Å². The number of carbonyl (C=O) groups excluding carboxylic acids is 2. The van der Waals surface area contributed by atoms with E-state index < -0.39 is 23.8 Å². The molecular formula is C17H35ClO7. The van der Waals surface area contributed by atoms with Crippen molar-refractivity contribution in [2.24, 2.45) is 0 Å². The lowest BCUT2D eigenvalue weighted by Crippen LogP contribution is -2.39. The monoisotopic (exact) mass is 386 g/mol. The molecule has 0 saturated carbocycles. The van der Waals surface area contributed by atoms with Crippen LogP contribution in [0.15, 0.2) is 0 Å². The third-order valence-corrected chi connectivity index (χ3v) is 3.06. The molecule has 2 atom stereocenters. The van der Waals surface area contributed by atoms with E-state index in [2.05, 4.69) is 0 Å². The number of alkyl halides is 1. The van der Waals surface area contributed by atoms with Crippen molar-refractivity contribution >= 4 is 23.7 Å². The zero-order valence-corrected chi connectivity index (χ0v) is 16.5. The summed E-state index contributed by atoms with van der Waals surface area (Å²) in [7, 11) is 1.53. The Balaban J connectivity index is -0.00000155. The molecule has 25 heavy (non-hydrogen) atoms. The Hall–Kier alpha value is -1.05. The van der Waals surface area contributed by atoms with Gasteiger partial charge >= 0.3 is 12.1 Å². The fourth-order valence-electron chi connectivity index (χ4n) is 1.15. The third-order valence-electron chi connectivity index (χ3n) is 2.62. The van der Waals surface area contributed by atoms with E-state index in [0.717, 1.165) is 0 Å². The van der Waals surface area contributed by atoms with Crippen molar-refractivity contribution in [1.29, 1.82) is 0 Å². The number of hydrogen-bond donors (Lipinski definition) is 0. The molecule has 7 nitrogen and oxygen atoms in total. The lowest BCUT2D eigenvalue weighted by Gasteiger charge is -2.24. The van der Waals surface area contributed by atoms with Gasteiger partial charge in [-0.3, -0.25) is 0 Å². The van der Waals surface area contributed by atoms with Gasteiger partial charge in [0, 0.05) is 7.11 Å². The van der Waals surface area contributed by atoms with Crippen LogP contribution in [0.25, 0.3) is 0 Å². The first-order valence-corrected chi connectivity index (χ1v) is 8.49. The number of carbonyl (C=O) groups is 2. The highest BCUT2D eigenvalue weighted by Gasteiger charge is 2.30. The van der Waals surface area contributed by atoms with Gasteiger partial charge in [-0.2, -0.15) is 0 Å². The largest absolute Gasteiger partial charge is 0.508 e. The first-order valence-electron chi connectivity index (χ1n) is 7.96. The van der Waals surface area contributed by atoms with Crippen LogP contribution in [0.3, 0.4) is 0 Å². The Morgan fingerprint density at radius 2 is 1.60 bits per heavy atom. The molecule has 0 amide bonds.